The SMILES string of the molecule is CC(C)(C)OC(=O)N[C@H](CC(=O)O)C(=O)OC(C)(C)C.CCl. The zero-order chi connectivity index (χ0) is 18.1. The lowest BCUT2D eigenvalue weighted by Gasteiger charge is -2.25. The third kappa shape index (κ3) is 13.5. The number of esters is 1. The standard InChI is InChI=1S/C13H23NO6.CH3Cl/c1-12(2,3)19-10(17)8(7-9(15)16)14-11(18)20-13(4,5)6;1-2/h8H,7H2,1-6H3,(H,14,18)(H,15,16);1H3/t8-;/m1./s1. The van der Waals surface area contributed by atoms with E-state index in [4.69, 9.17) is 14.6 Å². The van der Waals surface area contributed by atoms with Gasteiger partial charge in [0.2, 0.25) is 0 Å². The number of carboxylic acid groups (broad SMARTS) is 1. The highest BCUT2D eigenvalue weighted by Crippen LogP contribution is 2.11. The van der Waals surface area contributed by atoms with E-state index < -0.39 is 41.7 Å². The normalized spacial score (nSPS) is 12.4. The average molecular weight is 340 g/mol. The quantitative estimate of drug-likeness (QED) is 0.602. The summed E-state index contributed by atoms with van der Waals surface area (Å²) in [5, 5.41) is 11.0. The first-order chi connectivity index (χ1) is 9.80. The molecule has 0 unspecified atom stereocenters. The fraction of sp³-hybridized carbons (Fsp3) is 0.786. The first-order valence-corrected chi connectivity index (χ1v) is 7.38. The summed E-state index contributed by atoms with van der Waals surface area (Å²) in [7, 11) is 0. The van der Waals surface area contributed by atoms with E-state index in [-0.39, 0.29) is 0 Å². The van der Waals surface area contributed by atoms with Crippen LogP contribution in [0.3, 0.4) is 0 Å². The van der Waals surface area contributed by atoms with Crippen molar-refractivity contribution in [3.05, 3.63) is 0 Å². The van der Waals surface area contributed by atoms with Gasteiger partial charge in [-0.25, -0.2) is 9.59 Å². The van der Waals surface area contributed by atoms with Crippen LogP contribution in [0.25, 0.3) is 0 Å². The summed E-state index contributed by atoms with van der Waals surface area (Å²) in [6.45, 7) is 9.92. The van der Waals surface area contributed by atoms with Crippen molar-refractivity contribution in [1.29, 1.82) is 0 Å². The number of hydrogen-bond acceptors (Lipinski definition) is 5. The number of carboxylic acids is 1. The maximum Gasteiger partial charge on any atom is 0.408 e. The third-order valence-electron chi connectivity index (χ3n) is 1.76. The van der Waals surface area contributed by atoms with Crippen molar-refractivity contribution in [3.8, 4) is 0 Å². The molecule has 1 atom stereocenters. The number of aliphatic carboxylic acids is 1. The van der Waals surface area contributed by atoms with Gasteiger partial charge in [-0.1, -0.05) is 0 Å². The Hall–Kier alpha value is -1.50. The predicted molar refractivity (Wildman–Crippen MR) is 83.0 cm³/mol. The first kappa shape index (κ1) is 22.8. The molecule has 8 heteroatoms. The highest BCUT2D eigenvalue weighted by Gasteiger charge is 2.30. The molecule has 0 saturated carbocycles. The Labute approximate surface area is 136 Å². The molecule has 0 aliphatic carbocycles. The van der Waals surface area contributed by atoms with Crippen molar-refractivity contribution in [2.45, 2.75) is 65.2 Å². The van der Waals surface area contributed by atoms with Gasteiger partial charge >= 0.3 is 18.0 Å². The summed E-state index contributed by atoms with van der Waals surface area (Å²) in [6.07, 6.45) is 0.0309. The third-order valence-corrected chi connectivity index (χ3v) is 1.76. The molecule has 0 bridgehead atoms. The Morgan fingerprint density at radius 3 is 1.73 bits per heavy atom. The maximum atomic E-state index is 11.8. The Balaban J connectivity index is 0. The summed E-state index contributed by atoms with van der Waals surface area (Å²) in [4.78, 5) is 34.2. The molecule has 0 aromatic rings. The van der Waals surface area contributed by atoms with Crippen LogP contribution in [0.2, 0.25) is 0 Å². The fourth-order valence-corrected chi connectivity index (χ4v) is 1.19. The van der Waals surface area contributed by atoms with Gasteiger partial charge in [0.15, 0.2) is 0 Å². The molecule has 7 nitrogen and oxygen atoms in total. The van der Waals surface area contributed by atoms with Crippen LogP contribution < -0.4 is 5.32 Å². The summed E-state index contributed by atoms with van der Waals surface area (Å²) in [5.41, 5.74) is -1.52. The van der Waals surface area contributed by atoms with Crippen molar-refractivity contribution in [3.63, 3.8) is 0 Å². The Morgan fingerprint density at radius 2 is 1.41 bits per heavy atom. The Bertz CT molecular complexity index is 384. The fourth-order valence-electron chi connectivity index (χ4n) is 1.19. The van der Waals surface area contributed by atoms with Crippen LogP contribution in [-0.2, 0) is 19.1 Å². The molecular formula is C14H26ClNO6. The van der Waals surface area contributed by atoms with E-state index in [0.29, 0.717) is 0 Å². The van der Waals surface area contributed by atoms with E-state index in [1.54, 1.807) is 41.5 Å². The lowest BCUT2D eigenvalue weighted by Crippen LogP contribution is -2.47. The second-order valence-corrected chi connectivity index (χ2v) is 6.33. The van der Waals surface area contributed by atoms with E-state index >= 15 is 0 Å². The molecule has 1 amide bonds. The van der Waals surface area contributed by atoms with Crippen LogP contribution >= 0.6 is 11.6 Å². The van der Waals surface area contributed by atoms with Crippen LogP contribution in [0.5, 0.6) is 0 Å². The van der Waals surface area contributed by atoms with Crippen LogP contribution in [0.4, 0.5) is 4.79 Å². The molecule has 0 aliphatic heterocycles. The van der Waals surface area contributed by atoms with E-state index in [1.165, 1.54) is 6.38 Å². The van der Waals surface area contributed by atoms with Crippen LogP contribution in [0, 0.1) is 0 Å². The van der Waals surface area contributed by atoms with Gasteiger partial charge in [-0.3, -0.25) is 4.79 Å². The number of ether oxygens (including phenoxy) is 2. The van der Waals surface area contributed by atoms with Gasteiger partial charge in [0, 0.05) is 6.38 Å². The molecule has 0 aromatic carbocycles. The Kier molecular flexibility index (Phi) is 9.84. The average Bonchev–Trinajstić information content (AvgIpc) is 2.25. The molecular weight excluding hydrogens is 314 g/mol. The van der Waals surface area contributed by atoms with E-state index in [9.17, 15) is 14.4 Å². The highest BCUT2D eigenvalue weighted by molar-refractivity contribution is 6.15. The Morgan fingerprint density at radius 1 is 1.00 bits per heavy atom. The number of amides is 1. The van der Waals surface area contributed by atoms with Crippen LogP contribution in [0.15, 0.2) is 0 Å². The maximum absolute atomic E-state index is 11.8. The van der Waals surface area contributed by atoms with Crippen molar-refractivity contribution in [2.75, 3.05) is 6.38 Å². The number of alkyl halides is 1. The minimum absolute atomic E-state index is 0.575. The van der Waals surface area contributed by atoms with E-state index in [1.807, 2.05) is 0 Å². The van der Waals surface area contributed by atoms with Crippen LogP contribution in [0.1, 0.15) is 48.0 Å². The number of alkyl carbamates (subject to hydrolysis) is 1. The summed E-state index contributed by atoms with van der Waals surface area (Å²) < 4.78 is 10.0. The van der Waals surface area contributed by atoms with Crippen molar-refractivity contribution >= 4 is 29.6 Å². The first-order valence-electron chi connectivity index (χ1n) is 6.62. The second-order valence-electron chi connectivity index (χ2n) is 6.33. The second kappa shape index (κ2) is 9.50. The molecule has 0 heterocycles. The number of carbonyl (C=O) groups excluding carboxylic acids is 2. The summed E-state index contributed by atoms with van der Waals surface area (Å²) in [6, 6.07) is -1.29. The number of rotatable bonds is 4. The minimum Gasteiger partial charge on any atom is -0.481 e. The molecule has 2 N–H and O–H groups in total. The van der Waals surface area contributed by atoms with Crippen LogP contribution in [-0.4, -0.2) is 46.8 Å². The van der Waals surface area contributed by atoms with Gasteiger partial charge < -0.3 is 19.9 Å². The molecule has 0 aliphatic rings. The van der Waals surface area contributed by atoms with E-state index in [0.717, 1.165) is 0 Å². The lowest BCUT2D eigenvalue weighted by atomic mass is 10.1. The number of nitrogens with one attached hydrogen (secondary N) is 1. The van der Waals surface area contributed by atoms with Gasteiger partial charge in [0.05, 0.1) is 6.42 Å². The molecule has 22 heavy (non-hydrogen) atoms. The minimum atomic E-state index is -1.29. The summed E-state index contributed by atoms with van der Waals surface area (Å²) in [5.74, 6) is -2.04. The molecule has 0 saturated heterocycles. The van der Waals surface area contributed by atoms with Gasteiger partial charge in [0.1, 0.15) is 17.2 Å². The van der Waals surface area contributed by atoms with Gasteiger partial charge in [-0.2, -0.15) is 0 Å². The van der Waals surface area contributed by atoms with E-state index in [2.05, 4.69) is 16.9 Å². The van der Waals surface area contributed by atoms with Gasteiger partial charge in [0.25, 0.3) is 0 Å². The molecule has 0 rings (SSSR count). The van der Waals surface area contributed by atoms with Gasteiger partial charge in [-0.05, 0) is 41.5 Å². The molecule has 0 spiro atoms. The molecule has 0 radical (unpaired) electrons. The monoisotopic (exact) mass is 339 g/mol. The molecule has 0 fully saturated rings. The largest absolute Gasteiger partial charge is 0.481 e. The molecule has 0 aromatic heterocycles. The predicted octanol–water partition coefficient (Wildman–Crippen LogP) is 2.55. The highest BCUT2D eigenvalue weighted by atomic mass is 35.5. The smallest absolute Gasteiger partial charge is 0.408 e. The number of carbonyl (C=O) groups is 3. The summed E-state index contributed by atoms with van der Waals surface area (Å²) >= 11 is 4.64. The number of hydrogen-bond donors (Lipinski definition) is 2. The topological polar surface area (TPSA) is 102 Å². The van der Waals surface area contributed by atoms with Crippen molar-refractivity contribution < 1.29 is 29.0 Å². The van der Waals surface area contributed by atoms with Gasteiger partial charge in [-0.15, -0.1) is 11.6 Å². The number of halogens is 1. The molecule has 130 valence electrons. The lowest BCUT2D eigenvalue weighted by molar-refractivity contribution is -0.160. The van der Waals surface area contributed by atoms with Crippen molar-refractivity contribution in [2.24, 2.45) is 0 Å². The zero-order valence-corrected chi connectivity index (χ0v) is 14.9. The zero-order valence-electron chi connectivity index (χ0n) is 14.2. The van der Waals surface area contributed by atoms with Crippen molar-refractivity contribution in [1.82, 2.24) is 5.32 Å².